The molecule has 1 rings (SSSR count). The molecule has 72 valence electrons. The van der Waals surface area contributed by atoms with E-state index in [1.165, 1.54) is 6.08 Å². The molecule has 0 fully saturated rings. The van der Waals surface area contributed by atoms with Crippen LogP contribution in [0, 0.1) is 0 Å². The SMILES string of the molecule is CC1=C(I)C=C(C(=O)O)[C@@H](O)[C@H]1O. The maximum absolute atomic E-state index is 10.6. The number of aliphatic hydroxyl groups is 2. The van der Waals surface area contributed by atoms with Crippen molar-refractivity contribution in [2.75, 3.05) is 0 Å². The summed E-state index contributed by atoms with van der Waals surface area (Å²) in [7, 11) is 0. The third-order valence-electron chi connectivity index (χ3n) is 1.97. The van der Waals surface area contributed by atoms with Crippen molar-refractivity contribution in [3.8, 4) is 0 Å². The van der Waals surface area contributed by atoms with E-state index in [4.69, 9.17) is 5.11 Å². The summed E-state index contributed by atoms with van der Waals surface area (Å²) in [5, 5.41) is 27.4. The predicted octanol–water partition coefficient (Wildman–Crippen LogP) is 0.442. The number of carboxylic acid groups (broad SMARTS) is 1. The van der Waals surface area contributed by atoms with Crippen molar-refractivity contribution >= 4 is 28.6 Å². The van der Waals surface area contributed by atoms with Crippen LogP contribution in [0.2, 0.25) is 0 Å². The van der Waals surface area contributed by atoms with Crippen molar-refractivity contribution in [2.45, 2.75) is 19.1 Å². The first-order valence-electron chi connectivity index (χ1n) is 3.62. The van der Waals surface area contributed by atoms with Gasteiger partial charge >= 0.3 is 5.97 Å². The van der Waals surface area contributed by atoms with Crippen LogP contribution in [0.1, 0.15) is 6.92 Å². The molecule has 2 atom stereocenters. The maximum Gasteiger partial charge on any atom is 0.334 e. The topological polar surface area (TPSA) is 77.8 Å². The quantitative estimate of drug-likeness (QED) is 0.614. The molecule has 0 aromatic carbocycles. The van der Waals surface area contributed by atoms with Gasteiger partial charge in [0.2, 0.25) is 0 Å². The summed E-state index contributed by atoms with van der Waals surface area (Å²) >= 11 is 1.93. The minimum absolute atomic E-state index is 0.164. The number of aliphatic hydroxyl groups excluding tert-OH is 2. The largest absolute Gasteiger partial charge is 0.478 e. The van der Waals surface area contributed by atoms with E-state index in [0.717, 1.165) is 0 Å². The molecule has 0 amide bonds. The third-order valence-corrected chi connectivity index (χ3v) is 3.13. The second kappa shape index (κ2) is 3.77. The Morgan fingerprint density at radius 2 is 2.00 bits per heavy atom. The molecule has 5 heteroatoms. The van der Waals surface area contributed by atoms with Gasteiger partial charge in [-0.3, -0.25) is 0 Å². The van der Waals surface area contributed by atoms with Crippen LogP contribution in [0.3, 0.4) is 0 Å². The molecule has 0 radical (unpaired) electrons. The highest BCUT2D eigenvalue weighted by Crippen LogP contribution is 2.28. The summed E-state index contributed by atoms with van der Waals surface area (Å²) in [6.07, 6.45) is -1.06. The summed E-state index contributed by atoms with van der Waals surface area (Å²) in [6, 6.07) is 0. The molecular formula is C8H9IO4. The van der Waals surface area contributed by atoms with E-state index >= 15 is 0 Å². The number of allylic oxidation sites excluding steroid dienone is 2. The summed E-state index contributed by atoms with van der Waals surface area (Å²) < 4.78 is 0.660. The van der Waals surface area contributed by atoms with E-state index < -0.39 is 18.2 Å². The van der Waals surface area contributed by atoms with Crippen molar-refractivity contribution in [1.82, 2.24) is 0 Å². The molecule has 0 unspecified atom stereocenters. The summed E-state index contributed by atoms with van der Waals surface area (Å²) in [5.74, 6) is -1.20. The van der Waals surface area contributed by atoms with Crippen LogP contribution >= 0.6 is 22.6 Å². The Morgan fingerprint density at radius 1 is 1.46 bits per heavy atom. The zero-order chi connectivity index (χ0) is 10.2. The monoisotopic (exact) mass is 296 g/mol. The van der Waals surface area contributed by atoms with Crippen LogP contribution in [0.25, 0.3) is 0 Å². The van der Waals surface area contributed by atoms with E-state index in [1.807, 2.05) is 22.6 Å². The van der Waals surface area contributed by atoms with Gasteiger partial charge in [-0.1, -0.05) is 0 Å². The molecule has 13 heavy (non-hydrogen) atoms. The second-order valence-electron chi connectivity index (χ2n) is 2.83. The number of halogens is 1. The van der Waals surface area contributed by atoms with Crippen molar-refractivity contribution in [3.63, 3.8) is 0 Å². The molecule has 0 bridgehead atoms. The van der Waals surface area contributed by atoms with Gasteiger partial charge in [-0.25, -0.2) is 4.79 Å². The lowest BCUT2D eigenvalue weighted by molar-refractivity contribution is -0.134. The molecule has 3 N–H and O–H groups in total. The van der Waals surface area contributed by atoms with Gasteiger partial charge in [-0.2, -0.15) is 0 Å². The number of hydrogen-bond acceptors (Lipinski definition) is 3. The molecule has 0 spiro atoms. The fourth-order valence-electron chi connectivity index (χ4n) is 1.07. The summed E-state index contributed by atoms with van der Waals surface area (Å²) in [4.78, 5) is 10.6. The Bertz CT molecular complexity index is 305. The molecule has 4 nitrogen and oxygen atoms in total. The lowest BCUT2D eigenvalue weighted by Gasteiger charge is -2.24. The van der Waals surface area contributed by atoms with Crippen molar-refractivity contribution in [2.24, 2.45) is 0 Å². The number of hydrogen-bond donors (Lipinski definition) is 3. The highest BCUT2D eigenvalue weighted by Gasteiger charge is 2.31. The van der Waals surface area contributed by atoms with Gasteiger partial charge in [0, 0.05) is 3.58 Å². The molecule has 1 aliphatic rings. The van der Waals surface area contributed by atoms with E-state index in [9.17, 15) is 15.0 Å². The second-order valence-corrected chi connectivity index (χ2v) is 3.99. The molecule has 0 heterocycles. The Morgan fingerprint density at radius 3 is 2.46 bits per heavy atom. The fourth-order valence-corrected chi connectivity index (χ4v) is 1.73. The molecule has 0 aliphatic heterocycles. The molecular weight excluding hydrogens is 287 g/mol. The van der Waals surface area contributed by atoms with Crippen molar-refractivity contribution < 1.29 is 20.1 Å². The highest BCUT2D eigenvalue weighted by atomic mass is 127. The average molecular weight is 296 g/mol. The molecule has 0 saturated carbocycles. The first kappa shape index (κ1) is 10.7. The van der Waals surface area contributed by atoms with Gasteiger partial charge in [-0.05, 0) is 41.2 Å². The normalized spacial score (nSPS) is 28.8. The van der Waals surface area contributed by atoms with Crippen LogP contribution < -0.4 is 0 Å². The number of aliphatic carboxylic acids is 1. The van der Waals surface area contributed by atoms with Crippen molar-refractivity contribution in [1.29, 1.82) is 0 Å². The molecule has 1 aliphatic carbocycles. The predicted molar refractivity (Wildman–Crippen MR) is 54.5 cm³/mol. The van der Waals surface area contributed by atoms with Gasteiger partial charge < -0.3 is 15.3 Å². The Labute approximate surface area is 88.7 Å². The van der Waals surface area contributed by atoms with Gasteiger partial charge in [0.15, 0.2) is 0 Å². The maximum atomic E-state index is 10.6. The number of rotatable bonds is 1. The molecule has 0 saturated heterocycles. The Hall–Kier alpha value is -0.400. The van der Waals surface area contributed by atoms with E-state index in [1.54, 1.807) is 6.92 Å². The fraction of sp³-hybridized carbons (Fsp3) is 0.375. The van der Waals surface area contributed by atoms with Crippen molar-refractivity contribution in [3.05, 3.63) is 20.8 Å². The van der Waals surface area contributed by atoms with Gasteiger partial charge in [-0.15, -0.1) is 0 Å². The smallest absolute Gasteiger partial charge is 0.334 e. The first-order chi connectivity index (χ1) is 5.95. The average Bonchev–Trinajstić information content (AvgIpc) is 2.07. The third kappa shape index (κ3) is 1.92. The summed E-state index contributed by atoms with van der Waals surface area (Å²) in [6.45, 7) is 1.66. The van der Waals surface area contributed by atoms with Crippen LogP contribution in [-0.4, -0.2) is 33.5 Å². The van der Waals surface area contributed by atoms with Crippen LogP contribution in [0.4, 0.5) is 0 Å². The van der Waals surface area contributed by atoms with Crippen LogP contribution in [-0.2, 0) is 4.79 Å². The van der Waals surface area contributed by atoms with Gasteiger partial charge in [0.1, 0.15) is 12.2 Å². The summed E-state index contributed by atoms with van der Waals surface area (Å²) in [5.41, 5.74) is 0.431. The minimum Gasteiger partial charge on any atom is -0.478 e. The zero-order valence-corrected chi connectivity index (χ0v) is 9.02. The zero-order valence-electron chi connectivity index (χ0n) is 6.86. The number of carbonyl (C=O) groups is 1. The van der Waals surface area contributed by atoms with E-state index in [2.05, 4.69) is 0 Å². The Balaban J connectivity index is 3.12. The standard InChI is InChI=1S/C8H9IO4/c1-3-5(9)2-4(8(12)13)7(11)6(3)10/h2,6-7,10-11H,1H3,(H,12,13)/t6-,7+/m0/s1. The van der Waals surface area contributed by atoms with E-state index in [0.29, 0.717) is 9.15 Å². The highest BCUT2D eigenvalue weighted by molar-refractivity contribution is 14.1. The van der Waals surface area contributed by atoms with Crippen LogP contribution in [0.5, 0.6) is 0 Å². The minimum atomic E-state index is -1.32. The lowest BCUT2D eigenvalue weighted by atomic mass is 9.94. The molecule has 0 aromatic rings. The van der Waals surface area contributed by atoms with Crippen LogP contribution in [0.15, 0.2) is 20.8 Å². The van der Waals surface area contributed by atoms with Gasteiger partial charge in [0.25, 0.3) is 0 Å². The molecule has 0 aromatic heterocycles. The van der Waals surface area contributed by atoms with E-state index in [-0.39, 0.29) is 5.57 Å². The number of carboxylic acids is 1. The van der Waals surface area contributed by atoms with Gasteiger partial charge in [0.05, 0.1) is 5.57 Å². The Kier molecular flexibility index (Phi) is 3.09. The first-order valence-corrected chi connectivity index (χ1v) is 4.70. The lowest BCUT2D eigenvalue weighted by Crippen LogP contribution is -2.34.